The van der Waals surface area contributed by atoms with Crippen LogP contribution >= 0.6 is 0 Å². The summed E-state index contributed by atoms with van der Waals surface area (Å²) in [5.41, 5.74) is 4.31. The minimum absolute atomic E-state index is 0.656. The lowest BCUT2D eigenvalue weighted by atomic mass is 9.86. The molecular formula is C20H25N2. The lowest BCUT2D eigenvalue weighted by Crippen LogP contribution is -2.33. The smallest absolute Gasteiger partial charge is 0.0635 e. The maximum atomic E-state index is 8.70. The van der Waals surface area contributed by atoms with Gasteiger partial charge in [-0.3, -0.25) is 0 Å². The van der Waals surface area contributed by atoms with Gasteiger partial charge in [-0.1, -0.05) is 24.3 Å². The van der Waals surface area contributed by atoms with Gasteiger partial charge < -0.3 is 4.90 Å². The maximum absolute atomic E-state index is 8.70. The van der Waals surface area contributed by atoms with Crippen molar-refractivity contribution in [3.05, 3.63) is 41.5 Å². The molecule has 1 saturated heterocycles. The van der Waals surface area contributed by atoms with Gasteiger partial charge in [0.15, 0.2) is 0 Å². The Hall–Kier alpha value is -1.59. The Morgan fingerprint density at radius 3 is 2.86 bits per heavy atom. The van der Waals surface area contributed by atoms with Crippen LogP contribution in [-0.2, 0) is 0 Å². The summed E-state index contributed by atoms with van der Waals surface area (Å²) in [7, 11) is 0. The summed E-state index contributed by atoms with van der Waals surface area (Å²) in [5, 5.41) is 8.70. The van der Waals surface area contributed by atoms with Crippen molar-refractivity contribution in [3.63, 3.8) is 0 Å². The van der Waals surface area contributed by atoms with Crippen LogP contribution in [0.5, 0.6) is 0 Å². The molecule has 1 fully saturated rings. The Morgan fingerprint density at radius 1 is 1.27 bits per heavy atom. The van der Waals surface area contributed by atoms with E-state index in [9.17, 15) is 0 Å². The van der Waals surface area contributed by atoms with Crippen LogP contribution < -0.4 is 0 Å². The van der Waals surface area contributed by atoms with E-state index in [0.29, 0.717) is 12.3 Å². The first kappa shape index (κ1) is 15.3. The van der Waals surface area contributed by atoms with Gasteiger partial charge >= 0.3 is 0 Å². The average molecular weight is 293 g/mol. The van der Waals surface area contributed by atoms with E-state index >= 15 is 0 Å². The number of hydrogen-bond donors (Lipinski definition) is 0. The van der Waals surface area contributed by atoms with E-state index < -0.39 is 0 Å². The highest BCUT2D eigenvalue weighted by atomic mass is 15.1. The van der Waals surface area contributed by atoms with Gasteiger partial charge in [-0.2, -0.15) is 5.26 Å². The lowest BCUT2D eigenvalue weighted by Gasteiger charge is -2.31. The van der Waals surface area contributed by atoms with Gasteiger partial charge in [-0.05, 0) is 80.3 Å². The quantitative estimate of drug-likeness (QED) is 0.815. The largest absolute Gasteiger partial charge is 0.302 e. The van der Waals surface area contributed by atoms with E-state index in [2.05, 4.69) is 41.3 Å². The Kier molecular flexibility index (Phi) is 5.29. The van der Waals surface area contributed by atoms with E-state index in [1.54, 1.807) is 0 Å². The van der Waals surface area contributed by atoms with Gasteiger partial charge in [0.05, 0.1) is 6.07 Å². The van der Waals surface area contributed by atoms with Crippen LogP contribution in [0.15, 0.2) is 24.3 Å². The molecule has 1 aromatic carbocycles. The molecule has 1 aliphatic heterocycles. The Bertz CT molecular complexity index is 559. The monoisotopic (exact) mass is 293 g/mol. The molecule has 0 atom stereocenters. The maximum Gasteiger partial charge on any atom is 0.0635 e. The predicted molar refractivity (Wildman–Crippen MR) is 90.4 cm³/mol. The first-order chi connectivity index (χ1) is 10.9. The van der Waals surface area contributed by atoms with Crippen LogP contribution in [0.2, 0.25) is 0 Å². The fourth-order valence-electron chi connectivity index (χ4n) is 3.70. The highest BCUT2D eigenvalue weighted by Gasteiger charge is 2.20. The first-order valence-electron chi connectivity index (χ1n) is 8.67. The molecular weight excluding hydrogens is 268 g/mol. The standard InChI is InChI=1S/C20H25N2/c21-12-5-13-22-14-10-18(11-15-22)20-9-4-8-19(16-20)17-6-2-1-3-7-17/h4,6,9,16,18H,1-3,5,7,10-11,13-15H2. The second-order valence-electron chi connectivity index (χ2n) is 6.53. The van der Waals surface area contributed by atoms with Crippen molar-refractivity contribution in [1.82, 2.24) is 4.90 Å². The number of nitrogens with zero attached hydrogens (tertiary/aromatic N) is 2. The van der Waals surface area contributed by atoms with Crippen molar-refractivity contribution in [1.29, 1.82) is 5.26 Å². The van der Waals surface area contributed by atoms with E-state index in [0.717, 1.165) is 19.6 Å². The van der Waals surface area contributed by atoms with Crippen LogP contribution in [-0.4, -0.2) is 24.5 Å². The molecule has 0 saturated carbocycles. The summed E-state index contributed by atoms with van der Waals surface area (Å²) >= 11 is 0. The van der Waals surface area contributed by atoms with Crippen molar-refractivity contribution < 1.29 is 0 Å². The van der Waals surface area contributed by atoms with E-state index in [4.69, 9.17) is 5.26 Å². The van der Waals surface area contributed by atoms with Crippen molar-refractivity contribution in [3.8, 4) is 6.07 Å². The molecule has 0 unspecified atom stereocenters. The minimum atomic E-state index is 0.656. The zero-order valence-electron chi connectivity index (χ0n) is 13.4. The normalized spacial score (nSPS) is 20.4. The number of hydrogen-bond acceptors (Lipinski definition) is 2. The zero-order chi connectivity index (χ0) is 15.2. The third-order valence-electron chi connectivity index (χ3n) is 5.06. The number of piperidine rings is 1. The van der Waals surface area contributed by atoms with Gasteiger partial charge in [0.1, 0.15) is 0 Å². The molecule has 2 nitrogen and oxygen atoms in total. The van der Waals surface area contributed by atoms with Crippen molar-refractivity contribution in [2.45, 2.75) is 50.9 Å². The number of nitriles is 1. The number of likely N-dealkylation sites (tertiary alicyclic amines) is 1. The summed E-state index contributed by atoms with van der Waals surface area (Å²) in [4.78, 5) is 2.43. The van der Waals surface area contributed by atoms with Crippen LogP contribution in [0.4, 0.5) is 0 Å². The highest BCUT2D eigenvalue weighted by molar-refractivity contribution is 5.66. The molecule has 0 spiro atoms. The second-order valence-corrected chi connectivity index (χ2v) is 6.53. The molecule has 22 heavy (non-hydrogen) atoms. The number of allylic oxidation sites excluding steroid dienone is 2. The Morgan fingerprint density at radius 2 is 2.14 bits per heavy atom. The SMILES string of the molecule is N#CCCN1CCC(c2cc[c]c(C3=CCCCC3)c2)CC1. The molecule has 115 valence electrons. The van der Waals surface area contributed by atoms with E-state index in [1.807, 2.05) is 0 Å². The van der Waals surface area contributed by atoms with Gasteiger partial charge in [0, 0.05) is 13.0 Å². The Labute approximate surface area is 134 Å². The molecule has 2 aliphatic rings. The average Bonchev–Trinajstić information content (AvgIpc) is 2.61. The predicted octanol–water partition coefficient (Wildman–Crippen LogP) is 4.54. The summed E-state index contributed by atoms with van der Waals surface area (Å²) < 4.78 is 0. The van der Waals surface area contributed by atoms with Crippen molar-refractivity contribution in [2.24, 2.45) is 0 Å². The third-order valence-corrected chi connectivity index (χ3v) is 5.06. The topological polar surface area (TPSA) is 27.0 Å². The first-order valence-corrected chi connectivity index (χ1v) is 8.67. The van der Waals surface area contributed by atoms with Crippen LogP contribution in [0, 0.1) is 17.4 Å². The lowest BCUT2D eigenvalue weighted by molar-refractivity contribution is 0.216. The molecule has 3 rings (SSSR count). The fraction of sp³-hybridized carbons (Fsp3) is 0.550. The third kappa shape index (κ3) is 3.78. The molecule has 0 amide bonds. The molecule has 0 bridgehead atoms. The molecule has 1 heterocycles. The van der Waals surface area contributed by atoms with Crippen LogP contribution in [0.1, 0.15) is 62.0 Å². The van der Waals surface area contributed by atoms with Crippen molar-refractivity contribution in [2.75, 3.05) is 19.6 Å². The van der Waals surface area contributed by atoms with Gasteiger partial charge in [-0.25, -0.2) is 0 Å². The second kappa shape index (κ2) is 7.61. The van der Waals surface area contributed by atoms with Gasteiger partial charge in [-0.15, -0.1) is 0 Å². The molecule has 2 heteroatoms. The van der Waals surface area contributed by atoms with E-state index in [1.165, 1.54) is 55.2 Å². The van der Waals surface area contributed by atoms with E-state index in [-0.39, 0.29) is 0 Å². The molecule has 0 aromatic heterocycles. The minimum Gasteiger partial charge on any atom is -0.302 e. The fourth-order valence-corrected chi connectivity index (χ4v) is 3.70. The summed E-state index contributed by atoms with van der Waals surface area (Å²) in [6, 6.07) is 12.4. The van der Waals surface area contributed by atoms with Gasteiger partial charge in [0.25, 0.3) is 0 Å². The molecule has 1 radical (unpaired) electrons. The molecule has 0 N–H and O–H groups in total. The van der Waals surface area contributed by atoms with Crippen molar-refractivity contribution >= 4 is 5.57 Å². The van der Waals surface area contributed by atoms with Crippen LogP contribution in [0.3, 0.4) is 0 Å². The zero-order valence-corrected chi connectivity index (χ0v) is 13.4. The summed E-state index contributed by atoms with van der Waals surface area (Å²) in [5.74, 6) is 0.677. The summed E-state index contributed by atoms with van der Waals surface area (Å²) in [6.45, 7) is 3.19. The summed E-state index contributed by atoms with van der Waals surface area (Å²) in [6.07, 6.45) is 10.6. The number of benzene rings is 1. The Balaban J connectivity index is 1.64. The number of rotatable bonds is 4. The molecule has 1 aliphatic carbocycles. The van der Waals surface area contributed by atoms with Gasteiger partial charge in [0.2, 0.25) is 0 Å². The molecule has 1 aromatic rings. The highest BCUT2D eigenvalue weighted by Crippen LogP contribution is 2.32. The van der Waals surface area contributed by atoms with Crippen LogP contribution in [0.25, 0.3) is 5.57 Å².